The van der Waals surface area contributed by atoms with Crippen molar-refractivity contribution in [3.63, 3.8) is 0 Å². The van der Waals surface area contributed by atoms with E-state index < -0.39 is 23.5 Å². The molecule has 2 N–H and O–H groups in total. The van der Waals surface area contributed by atoms with Crippen molar-refractivity contribution in [1.29, 1.82) is 0 Å². The molecular formula is C25H21F4N7O3. The molecule has 4 aromatic rings. The van der Waals surface area contributed by atoms with Gasteiger partial charge in [-0.2, -0.15) is 13.2 Å². The van der Waals surface area contributed by atoms with Crippen LogP contribution in [0.1, 0.15) is 15.9 Å². The average Bonchev–Trinajstić information content (AvgIpc) is 2.94. The predicted octanol–water partition coefficient (Wildman–Crippen LogP) is 4.42. The summed E-state index contributed by atoms with van der Waals surface area (Å²) < 4.78 is 64.9. The van der Waals surface area contributed by atoms with E-state index >= 15 is 0 Å². The minimum Gasteiger partial charge on any atom is -0.496 e. The third-order valence-corrected chi connectivity index (χ3v) is 5.90. The monoisotopic (exact) mass is 543 g/mol. The number of morpholine rings is 1. The minimum atomic E-state index is -4.69. The van der Waals surface area contributed by atoms with Gasteiger partial charge in [0, 0.05) is 24.3 Å². The Balaban J connectivity index is 1.41. The van der Waals surface area contributed by atoms with Crippen LogP contribution in [-0.2, 0) is 10.9 Å². The van der Waals surface area contributed by atoms with Gasteiger partial charge in [0.15, 0.2) is 5.82 Å². The lowest BCUT2D eigenvalue weighted by Gasteiger charge is -2.26. The quantitative estimate of drug-likeness (QED) is 0.341. The number of anilines is 4. The number of hydrogen-bond acceptors (Lipinski definition) is 9. The lowest BCUT2D eigenvalue weighted by molar-refractivity contribution is -0.138. The van der Waals surface area contributed by atoms with Gasteiger partial charge in [0.1, 0.15) is 28.9 Å². The smallest absolute Gasteiger partial charge is 0.420 e. The average molecular weight is 543 g/mol. The number of halogens is 4. The Morgan fingerprint density at radius 3 is 2.62 bits per heavy atom. The van der Waals surface area contributed by atoms with Crippen molar-refractivity contribution < 1.29 is 31.8 Å². The largest absolute Gasteiger partial charge is 0.496 e. The summed E-state index contributed by atoms with van der Waals surface area (Å²) in [7, 11) is 1.12. The van der Waals surface area contributed by atoms with Crippen LogP contribution in [0.4, 0.5) is 40.7 Å². The van der Waals surface area contributed by atoms with Crippen LogP contribution in [0.25, 0.3) is 11.0 Å². The van der Waals surface area contributed by atoms with Gasteiger partial charge in [0.05, 0.1) is 37.8 Å². The fraction of sp³-hybridized carbons (Fsp3) is 0.240. The van der Waals surface area contributed by atoms with Gasteiger partial charge in [-0.1, -0.05) is 0 Å². The van der Waals surface area contributed by atoms with Crippen molar-refractivity contribution in [3.8, 4) is 5.75 Å². The Kier molecular flexibility index (Phi) is 7.11. The number of carbonyl (C=O) groups is 1. The van der Waals surface area contributed by atoms with Gasteiger partial charge >= 0.3 is 6.18 Å². The summed E-state index contributed by atoms with van der Waals surface area (Å²) in [5.74, 6) is -1.20. The number of nitrogens with zero attached hydrogens (tertiary/aromatic N) is 5. The molecule has 0 unspecified atom stereocenters. The first-order valence-electron chi connectivity index (χ1n) is 11.7. The molecule has 0 radical (unpaired) electrons. The van der Waals surface area contributed by atoms with E-state index in [1.807, 2.05) is 4.90 Å². The van der Waals surface area contributed by atoms with E-state index in [4.69, 9.17) is 9.47 Å². The summed E-state index contributed by atoms with van der Waals surface area (Å²) in [6.45, 7) is 2.27. The maximum atomic E-state index is 14.8. The summed E-state index contributed by atoms with van der Waals surface area (Å²) >= 11 is 0. The lowest BCUT2D eigenvalue weighted by Crippen LogP contribution is -2.37. The molecule has 2 aromatic carbocycles. The second-order valence-corrected chi connectivity index (χ2v) is 8.41. The lowest BCUT2D eigenvalue weighted by atomic mass is 10.1. The highest BCUT2D eigenvalue weighted by molar-refractivity contribution is 6.05. The van der Waals surface area contributed by atoms with Crippen LogP contribution in [0.3, 0.4) is 0 Å². The first kappa shape index (κ1) is 26.0. The van der Waals surface area contributed by atoms with Crippen LogP contribution in [0.5, 0.6) is 5.75 Å². The normalized spacial score (nSPS) is 13.8. The number of nitrogens with one attached hydrogen (secondary N) is 2. The molecule has 0 spiro atoms. The molecule has 5 rings (SSSR count). The zero-order valence-corrected chi connectivity index (χ0v) is 20.4. The zero-order chi connectivity index (χ0) is 27.6. The van der Waals surface area contributed by atoms with Gasteiger partial charge in [0.2, 0.25) is 5.95 Å². The molecule has 39 heavy (non-hydrogen) atoms. The molecule has 1 amide bonds. The Hall–Kier alpha value is -4.59. The van der Waals surface area contributed by atoms with E-state index in [1.165, 1.54) is 30.7 Å². The Labute approximate surface area is 219 Å². The zero-order valence-electron chi connectivity index (χ0n) is 20.4. The molecule has 1 aliphatic rings. The summed E-state index contributed by atoms with van der Waals surface area (Å²) in [5, 5.41) is 5.24. The molecule has 3 heterocycles. The number of hydrogen-bond donors (Lipinski definition) is 2. The molecule has 202 valence electrons. The number of fused-ring (bicyclic) bond motifs is 1. The Morgan fingerprint density at radius 2 is 1.87 bits per heavy atom. The first-order valence-corrected chi connectivity index (χ1v) is 11.7. The van der Waals surface area contributed by atoms with Gasteiger partial charge in [-0.15, -0.1) is 0 Å². The number of rotatable bonds is 6. The Morgan fingerprint density at radius 1 is 1.08 bits per heavy atom. The van der Waals surface area contributed by atoms with E-state index in [0.717, 1.165) is 25.3 Å². The summed E-state index contributed by atoms with van der Waals surface area (Å²) in [4.78, 5) is 32.0. The molecule has 0 bridgehead atoms. The van der Waals surface area contributed by atoms with Gasteiger partial charge < -0.3 is 25.0 Å². The van der Waals surface area contributed by atoms with Crippen LogP contribution in [-0.4, -0.2) is 59.3 Å². The number of carbonyl (C=O) groups excluding carboxylic acids is 1. The molecule has 10 nitrogen and oxygen atoms in total. The van der Waals surface area contributed by atoms with Crippen molar-refractivity contribution >= 4 is 40.1 Å². The second kappa shape index (κ2) is 10.6. The molecule has 0 saturated carbocycles. The third kappa shape index (κ3) is 5.65. The second-order valence-electron chi connectivity index (χ2n) is 8.41. The molecule has 14 heteroatoms. The van der Waals surface area contributed by atoms with E-state index in [9.17, 15) is 22.4 Å². The maximum Gasteiger partial charge on any atom is 0.420 e. The van der Waals surface area contributed by atoms with Crippen molar-refractivity contribution in [1.82, 2.24) is 19.9 Å². The molecule has 1 aliphatic heterocycles. The van der Waals surface area contributed by atoms with Crippen molar-refractivity contribution in [3.05, 3.63) is 65.9 Å². The SMILES string of the molecule is COc1ccc(NC(=O)c2ccc(F)c(Nc3ncnc4cnc(N5CCOCC5)nc34)c2)cc1C(F)(F)F. The summed E-state index contributed by atoms with van der Waals surface area (Å²) in [6, 6.07) is 6.62. The van der Waals surface area contributed by atoms with E-state index in [0.29, 0.717) is 43.3 Å². The van der Waals surface area contributed by atoms with Crippen LogP contribution in [0.15, 0.2) is 48.9 Å². The highest BCUT2D eigenvalue weighted by atomic mass is 19.4. The topological polar surface area (TPSA) is 114 Å². The van der Waals surface area contributed by atoms with Crippen LogP contribution < -0.4 is 20.3 Å². The number of methoxy groups -OCH3 is 1. The number of aromatic nitrogens is 4. The van der Waals surface area contributed by atoms with Gasteiger partial charge in [0.25, 0.3) is 5.91 Å². The van der Waals surface area contributed by atoms with Crippen molar-refractivity contribution in [2.45, 2.75) is 6.18 Å². The number of alkyl halides is 3. The molecular weight excluding hydrogens is 522 g/mol. The summed E-state index contributed by atoms with van der Waals surface area (Å²) in [6.07, 6.45) is -1.90. The number of benzene rings is 2. The number of amides is 1. The highest BCUT2D eigenvalue weighted by Crippen LogP contribution is 2.38. The van der Waals surface area contributed by atoms with Crippen molar-refractivity contribution in [2.75, 3.05) is 48.9 Å². The molecule has 1 fully saturated rings. The highest BCUT2D eigenvalue weighted by Gasteiger charge is 2.34. The van der Waals surface area contributed by atoms with Gasteiger partial charge in [-0.25, -0.2) is 24.3 Å². The van der Waals surface area contributed by atoms with E-state index in [2.05, 4.69) is 30.6 Å². The van der Waals surface area contributed by atoms with Crippen LogP contribution >= 0.6 is 0 Å². The van der Waals surface area contributed by atoms with Gasteiger partial charge in [-0.05, 0) is 36.4 Å². The minimum absolute atomic E-state index is 0.00901. The molecule has 2 aromatic heterocycles. The molecule has 1 saturated heterocycles. The molecule has 0 atom stereocenters. The van der Waals surface area contributed by atoms with Gasteiger partial charge in [-0.3, -0.25) is 4.79 Å². The predicted molar refractivity (Wildman–Crippen MR) is 134 cm³/mol. The summed E-state index contributed by atoms with van der Waals surface area (Å²) in [5.41, 5.74) is -0.510. The fourth-order valence-corrected chi connectivity index (χ4v) is 3.95. The third-order valence-electron chi connectivity index (χ3n) is 5.90. The van der Waals surface area contributed by atoms with Crippen LogP contribution in [0.2, 0.25) is 0 Å². The first-order chi connectivity index (χ1) is 18.7. The van der Waals surface area contributed by atoms with E-state index in [1.54, 1.807) is 0 Å². The van der Waals surface area contributed by atoms with Crippen LogP contribution in [0, 0.1) is 5.82 Å². The molecule has 0 aliphatic carbocycles. The fourth-order valence-electron chi connectivity index (χ4n) is 3.95. The Bertz CT molecular complexity index is 1530. The standard InChI is InChI=1S/C25H21F4N7O3/c1-38-20-5-3-15(11-16(20)25(27,28)29)33-23(37)14-2-4-17(26)18(10-14)34-22-21-19(31-13-32-22)12-30-24(35-21)36-6-8-39-9-7-36/h2-5,10-13H,6-9H2,1H3,(H,33,37)(H,31,32,34). The van der Waals surface area contributed by atoms with E-state index in [-0.39, 0.29) is 28.5 Å². The van der Waals surface area contributed by atoms with Crippen molar-refractivity contribution in [2.24, 2.45) is 0 Å². The number of ether oxygens (including phenoxy) is 2. The maximum absolute atomic E-state index is 14.8.